The summed E-state index contributed by atoms with van der Waals surface area (Å²) in [4.78, 5) is 13.9. The highest BCUT2D eigenvalue weighted by Crippen LogP contribution is 2.21. The molecule has 0 atom stereocenters. The quantitative estimate of drug-likeness (QED) is 0.804. The summed E-state index contributed by atoms with van der Waals surface area (Å²) >= 11 is 0. The molecule has 1 aromatic rings. The second-order valence-electron chi connectivity index (χ2n) is 6.75. The Balaban J connectivity index is 1.91. The molecule has 1 aromatic carbocycles. The molecular weight excluding hydrogens is 338 g/mol. The Bertz CT molecular complexity index is 663. The Morgan fingerprint density at radius 2 is 1.72 bits per heavy atom. The zero-order valence-electron chi connectivity index (χ0n) is 15.4. The number of unbranched alkanes of at least 4 members (excludes halogenated alkanes) is 1. The van der Waals surface area contributed by atoms with E-state index >= 15 is 0 Å². The molecule has 0 spiro atoms. The standard InChI is InChI=1S/C18H29N3O3S/c1-4-5-14-25(23,24)21-12-10-20(11-13-21)17-8-6-16(7-9-17)19-18(22)15(2)3/h6-9,15H,4-5,10-14H2,1-3H3,(H,19,22). The highest BCUT2D eigenvalue weighted by molar-refractivity contribution is 7.89. The summed E-state index contributed by atoms with van der Waals surface area (Å²) in [6, 6.07) is 7.72. The Morgan fingerprint density at radius 3 is 2.24 bits per heavy atom. The van der Waals surface area contributed by atoms with Gasteiger partial charge in [0, 0.05) is 43.5 Å². The normalized spacial score (nSPS) is 16.2. The minimum Gasteiger partial charge on any atom is -0.369 e. The number of piperazine rings is 1. The Hall–Kier alpha value is -1.60. The molecule has 0 saturated carbocycles. The first kappa shape index (κ1) is 19.7. The lowest BCUT2D eigenvalue weighted by atomic mass is 10.2. The smallest absolute Gasteiger partial charge is 0.226 e. The van der Waals surface area contributed by atoms with Crippen LogP contribution in [0.2, 0.25) is 0 Å². The molecule has 0 aromatic heterocycles. The van der Waals surface area contributed by atoms with E-state index in [1.165, 1.54) is 0 Å². The van der Waals surface area contributed by atoms with Crippen molar-refractivity contribution in [1.82, 2.24) is 4.31 Å². The first-order valence-electron chi connectivity index (χ1n) is 8.97. The number of benzene rings is 1. The highest BCUT2D eigenvalue weighted by atomic mass is 32.2. The summed E-state index contributed by atoms with van der Waals surface area (Å²) in [5.74, 6) is 0.189. The molecular formula is C18H29N3O3S. The largest absolute Gasteiger partial charge is 0.369 e. The van der Waals surface area contributed by atoms with E-state index in [4.69, 9.17) is 0 Å². The number of nitrogens with zero attached hydrogens (tertiary/aromatic N) is 2. The number of nitrogens with one attached hydrogen (secondary N) is 1. The van der Waals surface area contributed by atoms with Gasteiger partial charge >= 0.3 is 0 Å². The Kier molecular flexibility index (Phi) is 6.84. The maximum absolute atomic E-state index is 12.3. The van der Waals surface area contributed by atoms with Gasteiger partial charge in [-0.2, -0.15) is 4.31 Å². The van der Waals surface area contributed by atoms with Crippen LogP contribution in [0, 0.1) is 5.92 Å². The molecule has 0 unspecified atom stereocenters. The molecule has 0 bridgehead atoms. The van der Waals surface area contributed by atoms with Crippen molar-refractivity contribution in [3.8, 4) is 0 Å². The minimum absolute atomic E-state index is 0.00125. The maximum Gasteiger partial charge on any atom is 0.226 e. The summed E-state index contributed by atoms with van der Waals surface area (Å²) in [6.07, 6.45) is 1.60. The fraction of sp³-hybridized carbons (Fsp3) is 0.611. The molecule has 7 heteroatoms. The van der Waals surface area contributed by atoms with Gasteiger partial charge in [0.25, 0.3) is 0 Å². The van der Waals surface area contributed by atoms with Gasteiger partial charge in [-0.15, -0.1) is 0 Å². The summed E-state index contributed by atoms with van der Waals surface area (Å²) in [6.45, 7) is 8.14. The van der Waals surface area contributed by atoms with Crippen LogP contribution in [0.1, 0.15) is 33.6 Å². The van der Waals surface area contributed by atoms with Gasteiger partial charge in [-0.25, -0.2) is 8.42 Å². The molecule has 1 heterocycles. The van der Waals surface area contributed by atoms with Gasteiger partial charge in [0.2, 0.25) is 15.9 Å². The SMILES string of the molecule is CCCCS(=O)(=O)N1CCN(c2ccc(NC(=O)C(C)C)cc2)CC1. The molecule has 1 fully saturated rings. The van der Waals surface area contributed by atoms with E-state index in [9.17, 15) is 13.2 Å². The van der Waals surface area contributed by atoms with E-state index in [1.807, 2.05) is 45.0 Å². The second kappa shape index (κ2) is 8.67. The molecule has 140 valence electrons. The van der Waals surface area contributed by atoms with Crippen LogP contribution in [-0.2, 0) is 14.8 Å². The third kappa shape index (κ3) is 5.44. The van der Waals surface area contributed by atoms with Crippen LogP contribution < -0.4 is 10.2 Å². The summed E-state index contributed by atoms with van der Waals surface area (Å²) in [5, 5.41) is 2.87. The van der Waals surface area contributed by atoms with Gasteiger partial charge in [-0.05, 0) is 30.7 Å². The molecule has 0 radical (unpaired) electrons. The average molecular weight is 368 g/mol. The highest BCUT2D eigenvalue weighted by Gasteiger charge is 2.26. The lowest BCUT2D eigenvalue weighted by Gasteiger charge is -2.35. The van der Waals surface area contributed by atoms with E-state index in [0.717, 1.165) is 17.8 Å². The summed E-state index contributed by atoms with van der Waals surface area (Å²) < 4.78 is 26.1. The third-order valence-corrected chi connectivity index (χ3v) is 6.37. The molecule has 1 aliphatic rings. The van der Waals surface area contributed by atoms with Crippen LogP contribution >= 0.6 is 0 Å². The monoisotopic (exact) mass is 367 g/mol. The van der Waals surface area contributed by atoms with Crippen LogP contribution in [0.4, 0.5) is 11.4 Å². The van der Waals surface area contributed by atoms with E-state index < -0.39 is 10.0 Å². The van der Waals surface area contributed by atoms with Crippen LogP contribution in [0.15, 0.2) is 24.3 Å². The molecule has 0 aliphatic carbocycles. The fourth-order valence-electron chi connectivity index (χ4n) is 2.72. The van der Waals surface area contributed by atoms with Crippen molar-refractivity contribution >= 4 is 27.3 Å². The van der Waals surface area contributed by atoms with Crippen molar-refractivity contribution in [3.05, 3.63) is 24.3 Å². The number of carbonyl (C=O) groups excluding carboxylic acids is 1. The number of carbonyl (C=O) groups is 1. The van der Waals surface area contributed by atoms with Crippen molar-refractivity contribution in [2.24, 2.45) is 5.92 Å². The number of hydrogen-bond acceptors (Lipinski definition) is 4. The number of sulfonamides is 1. The van der Waals surface area contributed by atoms with E-state index in [0.29, 0.717) is 32.6 Å². The minimum atomic E-state index is -3.12. The number of amides is 1. The van der Waals surface area contributed by atoms with Crippen molar-refractivity contribution < 1.29 is 13.2 Å². The zero-order chi connectivity index (χ0) is 18.4. The van der Waals surface area contributed by atoms with Gasteiger partial charge < -0.3 is 10.2 Å². The van der Waals surface area contributed by atoms with Gasteiger partial charge in [-0.1, -0.05) is 27.2 Å². The molecule has 1 N–H and O–H groups in total. The average Bonchev–Trinajstić information content (AvgIpc) is 2.60. The van der Waals surface area contributed by atoms with E-state index in [1.54, 1.807) is 4.31 Å². The zero-order valence-corrected chi connectivity index (χ0v) is 16.2. The first-order valence-corrected chi connectivity index (χ1v) is 10.6. The number of hydrogen-bond donors (Lipinski definition) is 1. The second-order valence-corrected chi connectivity index (χ2v) is 8.83. The Morgan fingerprint density at radius 1 is 1.12 bits per heavy atom. The van der Waals surface area contributed by atoms with Gasteiger partial charge in [0.1, 0.15) is 0 Å². The number of anilines is 2. The molecule has 1 saturated heterocycles. The lowest BCUT2D eigenvalue weighted by Crippen LogP contribution is -2.49. The van der Waals surface area contributed by atoms with Crippen molar-refractivity contribution in [2.45, 2.75) is 33.6 Å². The van der Waals surface area contributed by atoms with Gasteiger partial charge in [0.15, 0.2) is 0 Å². The molecule has 1 aliphatic heterocycles. The van der Waals surface area contributed by atoms with Gasteiger partial charge in [-0.3, -0.25) is 4.79 Å². The van der Waals surface area contributed by atoms with Crippen molar-refractivity contribution in [1.29, 1.82) is 0 Å². The molecule has 2 rings (SSSR count). The molecule has 25 heavy (non-hydrogen) atoms. The van der Waals surface area contributed by atoms with Crippen molar-refractivity contribution in [3.63, 3.8) is 0 Å². The predicted molar refractivity (Wildman–Crippen MR) is 102 cm³/mol. The van der Waals surface area contributed by atoms with Gasteiger partial charge in [0.05, 0.1) is 5.75 Å². The third-order valence-electron chi connectivity index (χ3n) is 4.41. The van der Waals surface area contributed by atoms with Crippen molar-refractivity contribution in [2.75, 3.05) is 42.1 Å². The van der Waals surface area contributed by atoms with Crippen LogP contribution in [0.25, 0.3) is 0 Å². The predicted octanol–water partition coefficient (Wildman–Crippen LogP) is 2.53. The molecule has 1 amide bonds. The van der Waals surface area contributed by atoms with Crippen LogP contribution in [0.5, 0.6) is 0 Å². The van der Waals surface area contributed by atoms with Crippen LogP contribution in [-0.4, -0.2) is 50.6 Å². The Labute approximate surface area is 151 Å². The summed E-state index contributed by atoms with van der Waals surface area (Å²) in [5.41, 5.74) is 1.83. The first-order chi connectivity index (χ1) is 11.8. The van der Waals surface area contributed by atoms with E-state index in [2.05, 4.69) is 10.2 Å². The number of rotatable bonds is 7. The van der Waals surface area contributed by atoms with E-state index in [-0.39, 0.29) is 17.6 Å². The maximum atomic E-state index is 12.3. The fourth-order valence-corrected chi connectivity index (χ4v) is 4.35. The summed E-state index contributed by atoms with van der Waals surface area (Å²) in [7, 11) is -3.12. The topological polar surface area (TPSA) is 69.7 Å². The van der Waals surface area contributed by atoms with Crippen LogP contribution in [0.3, 0.4) is 0 Å². The molecule has 6 nitrogen and oxygen atoms in total. The lowest BCUT2D eigenvalue weighted by molar-refractivity contribution is -0.118.